The van der Waals surface area contributed by atoms with Gasteiger partial charge in [0.1, 0.15) is 12.1 Å². The van der Waals surface area contributed by atoms with Crippen LogP contribution in [0.5, 0.6) is 0 Å². The third kappa shape index (κ3) is 3.16. The predicted octanol–water partition coefficient (Wildman–Crippen LogP) is 3.28. The van der Waals surface area contributed by atoms with Crippen molar-refractivity contribution in [2.24, 2.45) is 0 Å². The van der Waals surface area contributed by atoms with E-state index < -0.39 is 12.6 Å². The van der Waals surface area contributed by atoms with Crippen LogP contribution >= 0.6 is 0 Å². The van der Waals surface area contributed by atoms with Gasteiger partial charge < -0.3 is 5.32 Å². The largest absolute Gasteiger partial charge is 0.393 e. The SMILES string of the molecule is Cc1cc(Nc2cccc(CC(F)(F)F)c2)n2ncnc2n1. The van der Waals surface area contributed by atoms with E-state index >= 15 is 0 Å². The van der Waals surface area contributed by atoms with Gasteiger partial charge in [-0.15, -0.1) is 0 Å². The Labute approximate surface area is 123 Å². The number of aryl methyl sites for hydroxylation is 1. The molecule has 2 heterocycles. The number of hydrogen-bond acceptors (Lipinski definition) is 4. The average molecular weight is 307 g/mol. The summed E-state index contributed by atoms with van der Waals surface area (Å²) in [5.74, 6) is 1.01. The van der Waals surface area contributed by atoms with Crippen molar-refractivity contribution >= 4 is 17.3 Å². The fourth-order valence-corrected chi connectivity index (χ4v) is 2.16. The van der Waals surface area contributed by atoms with Gasteiger partial charge >= 0.3 is 6.18 Å². The summed E-state index contributed by atoms with van der Waals surface area (Å²) in [6.45, 7) is 1.81. The molecule has 3 rings (SSSR count). The minimum Gasteiger partial charge on any atom is -0.340 e. The van der Waals surface area contributed by atoms with Crippen molar-refractivity contribution in [1.29, 1.82) is 0 Å². The number of hydrogen-bond donors (Lipinski definition) is 1. The third-order valence-corrected chi connectivity index (χ3v) is 2.98. The van der Waals surface area contributed by atoms with Crippen LogP contribution < -0.4 is 5.32 Å². The van der Waals surface area contributed by atoms with Gasteiger partial charge in [0, 0.05) is 17.4 Å². The number of anilines is 2. The first-order valence-corrected chi connectivity index (χ1v) is 6.51. The molecule has 1 N–H and O–H groups in total. The molecule has 1 aromatic carbocycles. The molecule has 0 radical (unpaired) electrons. The normalized spacial score (nSPS) is 11.8. The molecule has 0 bridgehead atoms. The first kappa shape index (κ1) is 14.3. The molecule has 22 heavy (non-hydrogen) atoms. The summed E-state index contributed by atoms with van der Waals surface area (Å²) < 4.78 is 38.9. The molecule has 0 spiro atoms. The molecular weight excluding hydrogens is 295 g/mol. The van der Waals surface area contributed by atoms with E-state index in [2.05, 4.69) is 20.4 Å². The molecule has 0 saturated heterocycles. The lowest BCUT2D eigenvalue weighted by Crippen LogP contribution is -2.11. The molecule has 114 valence electrons. The molecule has 0 atom stereocenters. The zero-order valence-corrected chi connectivity index (χ0v) is 11.6. The first-order valence-electron chi connectivity index (χ1n) is 6.51. The number of benzene rings is 1. The number of aromatic nitrogens is 4. The average Bonchev–Trinajstić information content (AvgIpc) is 2.85. The van der Waals surface area contributed by atoms with Crippen molar-refractivity contribution in [3.05, 3.63) is 47.9 Å². The number of nitrogens with zero attached hydrogens (tertiary/aromatic N) is 4. The molecular formula is C14H12F3N5. The van der Waals surface area contributed by atoms with Gasteiger partial charge in [-0.1, -0.05) is 12.1 Å². The van der Waals surface area contributed by atoms with E-state index in [-0.39, 0.29) is 5.56 Å². The van der Waals surface area contributed by atoms with E-state index in [1.165, 1.54) is 23.0 Å². The molecule has 5 nitrogen and oxygen atoms in total. The predicted molar refractivity (Wildman–Crippen MR) is 75.0 cm³/mol. The molecule has 0 amide bonds. The fourth-order valence-electron chi connectivity index (χ4n) is 2.16. The minimum atomic E-state index is -4.23. The molecule has 3 aromatic rings. The number of alkyl halides is 3. The van der Waals surface area contributed by atoms with E-state index in [0.29, 0.717) is 17.3 Å². The van der Waals surface area contributed by atoms with Crippen molar-refractivity contribution in [2.45, 2.75) is 19.5 Å². The van der Waals surface area contributed by atoms with E-state index in [0.717, 1.165) is 5.69 Å². The zero-order valence-electron chi connectivity index (χ0n) is 11.6. The Morgan fingerprint density at radius 1 is 1.23 bits per heavy atom. The van der Waals surface area contributed by atoms with Crippen molar-refractivity contribution in [3.8, 4) is 0 Å². The van der Waals surface area contributed by atoms with Gasteiger partial charge in [0.15, 0.2) is 0 Å². The van der Waals surface area contributed by atoms with Crippen molar-refractivity contribution in [2.75, 3.05) is 5.32 Å². The van der Waals surface area contributed by atoms with E-state index in [9.17, 15) is 13.2 Å². The summed E-state index contributed by atoms with van der Waals surface area (Å²) in [6.07, 6.45) is -3.82. The van der Waals surface area contributed by atoms with Crippen LogP contribution in [0.1, 0.15) is 11.3 Å². The second kappa shape index (κ2) is 5.28. The second-order valence-corrected chi connectivity index (χ2v) is 4.87. The maximum Gasteiger partial charge on any atom is 0.393 e. The number of fused-ring (bicyclic) bond motifs is 1. The molecule has 0 fully saturated rings. The molecule has 0 aliphatic heterocycles. The summed E-state index contributed by atoms with van der Waals surface area (Å²) in [5.41, 5.74) is 1.47. The van der Waals surface area contributed by atoms with Crippen LogP contribution in [0.15, 0.2) is 36.7 Å². The Morgan fingerprint density at radius 2 is 2.05 bits per heavy atom. The van der Waals surface area contributed by atoms with E-state index in [1.54, 1.807) is 25.1 Å². The third-order valence-electron chi connectivity index (χ3n) is 2.98. The lowest BCUT2D eigenvalue weighted by molar-refractivity contribution is -0.127. The van der Waals surface area contributed by atoms with Crippen LogP contribution in [0.2, 0.25) is 0 Å². The van der Waals surface area contributed by atoms with Gasteiger partial charge in [0.05, 0.1) is 6.42 Å². The van der Waals surface area contributed by atoms with Gasteiger partial charge in [0.2, 0.25) is 0 Å². The van der Waals surface area contributed by atoms with Gasteiger partial charge in [0.25, 0.3) is 5.78 Å². The Balaban J connectivity index is 1.92. The molecule has 0 unspecified atom stereocenters. The monoisotopic (exact) mass is 307 g/mol. The number of nitrogens with one attached hydrogen (secondary N) is 1. The summed E-state index contributed by atoms with van der Waals surface area (Å²) in [7, 11) is 0. The number of rotatable bonds is 3. The van der Waals surface area contributed by atoms with Crippen molar-refractivity contribution in [3.63, 3.8) is 0 Å². The summed E-state index contributed by atoms with van der Waals surface area (Å²) in [4.78, 5) is 8.20. The maximum atomic E-state index is 12.5. The molecule has 2 aromatic heterocycles. The summed E-state index contributed by atoms with van der Waals surface area (Å²) in [6, 6.07) is 7.93. The second-order valence-electron chi connectivity index (χ2n) is 4.87. The zero-order chi connectivity index (χ0) is 15.7. The van der Waals surface area contributed by atoms with Crippen LogP contribution in [0.25, 0.3) is 5.78 Å². The Hall–Kier alpha value is -2.64. The van der Waals surface area contributed by atoms with Gasteiger partial charge in [-0.2, -0.15) is 27.8 Å². The first-order chi connectivity index (χ1) is 10.4. The Kier molecular flexibility index (Phi) is 3.44. The number of halogens is 3. The van der Waals surface area contributed by atoms with E-state index in [4.69, 9.17) is 0 Å². The lowest BCUT2D eigenvalue weighted by atomic mass is 10.1. The highest BCUT2D eigenvalue weighted by molar-refractivity contribution is 5.59. The van der Waals surface area contributed by atoms with Gasteiger partial charge in [-0.05, 0) is 24.6 Å². The van der Waals surface area contributed by atoms with Crippen LogP contribution in [-0.2, 0) is 6.42 Å². The molecule has 0 aliphatic rings. The smallest absolute Gasteiger partial charge is 0.340 e. The summed E-state index contributed by atoms with van der Waals surface area (Å²) >= 11 is 0. The minimum absolute atomic E-state index is 0.193. The summed E-state index contributed by atoms with van der Waals surface area (Å²) in [5, 5.41) is 7.09. The van der Waals surface area contributed by atoms with Crippen LogP contribution in [-0.4, -0.2) is 25.8 Å². The van der Waals surface area contributed by atoms with Crippen molar-refractivity contribution in [1.82, 2.24) is 19.6 Å². The molecule has 8 heteroatoms. The molecule has 0 aliphatic carbocycles. The Bertz CT molecular complexity index is 810. The topological polar surface area (TPSA) is 55.1 Å². The van der Waals surface area contributed by atoms with E-state index in [1.807, 2.05) is 0 Å². The van der Waals surface area contributed by atoms with Gasteiger partial charge in [-0.25, -0.2) is 4.98 Å². The Morgan fingerprint density at radius 3 is 2.82 bits per heavy atom. The molecule has 0 saturated carbocycles. The van der Waals surface area contributed by atoms with Gasteiger partial charge in [-0.3, -0.25) is 0 Å². The standard InChI is InChI=1S/C14H12F3N5/c1-9-5-12(22-13(20-9)18-8-19-22)21-11-4-2-3-10(6-11)7-14(15,16)17/h2-6,8,21H,7H2,1H3. The highest BCUT2D eigenvalue weighted by Crippen LogP contribution is 2.24. The quantitative estimate of drug-likeness (QED) is 0.807. The maximum absolute atomic E-state index is 12.5. The van der Waals surface area contributed by atoms with Crippen LogP contribution in [0.3, 0.4) is 0 Å². The highest BCUT2D eigenvalue weighted by atomic mass is 19.4. The van der Waals surface area contributed by atoms with Crippen LogP contribution in [0, 0.1) is 6.92 Å². The van der Waals surface area contributed by atoms with Crippen LogP contribution in [0.4, 0.5) is 24.7 Å². The highest BCUT2D eigenvalue weighted by Gasteiger charge is 2.27. The van der Waals surface area contributed by atoms with Crippen molar-refractivity contribution < 1.29 is 13.2 Å². The lowest BCUT2D eigenvalue weighted by Gasteiger charge is -2.11. The fraction of sp³-hybridized carbons (Fsp3) is 0.214.